The molecule has 0 saturated carbocycles. The Bertz CT molecular complexity index is 4950. The Hall–Kier alpha value is -9.16. The van der Waals surface area contributed by atoms with Crippen LogP contribution in [0.3, 0.4) is 0 Å². The number of rotatable bonds is 4. The number of para-hydroxylation sites is 1. The number of fused-ring (bicyclic) bond motifs is 21. The fourth-order valence-corrected chi connectivity index (χ4v) is 13.1. The lowest BCUT2D eigenvalue weighted by atomic mass is 9.93. The third-order valence-electron chi connectivity index (χ3n) is 15.1. The third kappa shape index (κ3) is 5.61. The molecule has 0 bridgehead atoms. The lowest BCUT2D eigenvalue weighted by molar-refractivity contribution is 1.11. The average Bonchev–Trinajstić information content (AvgIpc) is 3.97. The summed E-state index contributed by atoms with van der Waals surface area (Å²) in [6.45, 7) is 0. The van der Waals surface area contributed by atoms with Crippen molar-refractivity contribution in [1.82, 2.24) is 14.5 Å². The Morgan fingerprint density at radius 1 is 0.338 bits per heavy atom. The Kier molecular flexibility index (Phi) is 8.01. The summed E-state index contributed by atoms with van der Waals surface area (Å²) in [5.74, 6) is 0.871. The molecule has 0 spiro atoms. The Labute approximate surface area is 410 Å². The van der Waals surface area contributed by atoms with E-state index < -0.39 is 0 Å². The predicted molar refractivity (Wildman–Crippen MR) is 304 cm³/mol. The number of anilines is 3. The second-order valence-corrected chi connectivity index (χ2v) is 19.9. The van der Waals surface area contributed by atoms with E-state index in [1.807, 2.05) is 23.6 Å². The minimum Gasteiger partial charge on any atom is -0.310 e. The van der Waals surface area contributed by atoms with E-state index in [1.165, 1.54) is 95.6 Å². The summed E-state index contributed by atoms with van der Waals surface area (Å²) in [5.41, 5.74) is 7.43. The van der Waals surface area contributed by atoms with Crippen molar-refractivity contribution in [2.45, 2.75) is 0 Å². The second-order valence-electron chi connectivity index (χ2n) is 18.9. The number of hydrogen-bond donors (Lipinski definition) is 0. The minimum atomic E-state index is 0.871. The number of nitrogens with zero attached hydrogens (tertiary/aromatic N) is 4. The van der Waals surface area contributed by atoms with Crippen molar-refractivity contribution in [3.05, 3.63) is 231 Å². The molecule has 0 aliphatic heterocycles. The zero-order valence-corrected chi connectivity index (χ0v) is 39.0. The summed E-state index contributed by atoms with van der Waals surface area (Å²) in [4.78, 5) is 12.9. The molecule has 0 atom stereocenters. The van der Waals surface area contributed by atoms with Crippen LogP contribution < -0.4 is 4.90 Å². The predicted octanol–water partition coefficient (Wildman–Crippen LogP) is 18.6. The van der Waals surface area contributed by atoms with Gasteiger partial charge in [0.05, 0.1) is 22.1 Å². The minimum absolute atomic E-state index is 0.871. The van der Waals surface area contributed by atoms with Crippen LogP contribution in [0.4, 0.5) is 17.1 Å². The van der Waals surface area contributed by atoms with Gasteiger partial charge in [-0.05, 0) is 137 Å². The van der Waals surface area contributed by atoms with E-state index in [1.54, 1.807) is 0 Å². The summed E-state index contributed by atoms with van der Waals surface area (Å²) in [5, 5.41) is 22.1. The van der Waals surface area contributed by atoms with Gasteiger partial charge in [0, 0.05) is 65.0 Å². The summed E-state index contributed by atoms with van der Waals surface area (Å²) in [6, 6.07) is 82.7. The molecule has 4 heterocycles. The highest BCUT2D eigenvalue weighted by atomic mass is 32.1. The van der Waals surface area contributed by atoms with Gasteiger partial charge in [-0.25, -0.2) is 4.98 Å². The van der Waals surface area contributed by atoms with Crippen molar-refractivity contribution >= 4 is 157 Å². The van der Waals surface area contributed by atoms with Gasteiger partial charge in [-0.1, -0.05) is 152 Å². The maximum atomic E-state index is 5.57. The Morgan fingerprint density at radius 3 is 1.70 bits per heavy atom. The van der Waals surface area contributed by atoms with Crippen LogP contribution >= 0.6 is 11.3 Å². The van der Waals surface area contributed by atoms with Crippen molar-refractivity contribution in [2.75, 3.05) is 4.90 Å². The van der Waals surface area contributed by atoms with Crippen molar-refractivity contribution in [1.29, 1.82) is 0 Å². The van der Waals surface area contributed by atoms with Gasteiger partial charge in [0.15, 0.2) is 0 Å². The smallest absolute Gasteiger partial charge is 0.138 e. The highest BCUT2D eigenvalue weighted by Crippen LogP contribution is 2.48. The van der Waals surface area contributed by atoms with E-state index in [0.29, 0.717) is 0 Å². The number of hydrogen-bond acceptors (Lipinski definition) is 4. The zero-order valence-electron chi connectivity index (χ0n) is 38.1. The molecule has 5 heteroatoms. The van der Waals surface area contributed by atoms with E-state index in [-0.39, 0.29) is 0 Å². The first-order chi connectivity index (χ1) is 35.2. The molecule has 16 rings (SSSR count). The molecule has 0 unspecified atom stereocenters. The fourth-order valence-electron chi connectivity index (χ4n) is 11.9. The molecule has 0 aliphatic rings. The molecule has 4 aromatic heterocycles. The maximum absolute atomic E-state index is 5.57. The molecular weight excluding hydrogens is 881 g/mol. The summed E-state index contributed by atoms with van der Waals surface area (Å²) >= 11 is 1.86. The molecular formula is C66H38N4S. The van der Waals surface area contributed by atoms with Crippen LogP contribution in [-0.4, -0.2) is 14.5 Å². The molecule has 71 heavy (non-hydrogen) atoms. The Morgan fingerprint density at radius 2 is 0.901 bits per heavy atom. The lowest BCUT2D eigenvalue weighted by Crippen LogP contribution is -2.09. The van der Waals surface area contributed by atoms with E-state index >= 15 is 0 Å². The second kappa shape index (κ2) is 14.7. The van der Waals surface area contributed by atoms with Crippen molar-refractivity contribution in [2.24, 2.45) is 0 Å². The molecule has 328 valence electrons. The maximum Gasteiger partial charge on any atom is 0.138 e. The highest BCUT2D eigenvalue weighted by Gasteiger charge is 2.23. The first-order valence-electron chi connectivity index (χ1n) is 24.2. The van der Waals surface area contributed by atoms with Crippen molar-refractivity contribution in [3.63, 3.8) is 0 Å². The van der Waals surface area contributed by atoms with Crippen LogP contribution in [0.15, 0.2) is 231 Å². The molecule has 0 radical (unpaired) electrons. The van der Waals surface area contributed by atoms with E-state index in [0.717, 1.165) is 55.7 Å². The quantitative estimate of drug-likeness (QED) is 0.165. The van der Waals surface area contributed by atoms with Crippen LogP contribution in [0, 0.1) is 0 Å². The van der Waals surface area contributed by atoms with Gasteiger partial charge in [0.2, 0.25) is 0 Å². The van der Waals surface area contributed by atoms with Gasteiger partial charge < -0.3 is 4.90 Å². The number of pyridine rings is 2. The molecule has 0 saturated heterocycles. The molecule has 0 N–H and O–H groups in total. The summed E-state index contributed by atoms with van der Waals surface area (Å²) < 4.78 is 4.90. The first kappa shape index (κ1) is 38.8. The van der Waals surface area contributed by atoms with Gasteiger partial charge in [-0.15, -0.1) is 11.3 Å². The molecule has 12 aromatic carbocycles. The fraction of sp³-hybridized carbons (Fsp3) is 0. The monoisotopic (exact) mass is 918 g/mol. The molecule has 0 aliphatic carbocycles. The average molecular weight is 919 g/mol. The SMILES string of the molecule is c1ccc(N(c2ccc3c(c2)sc2ccc4c5cc6c7ccccc7c7ccccc7c6cc5n(-c5ccc6ccc7cccnc7c6n5)c4c23)c2ccc3ccc4c5ccccc5ccc4c3c2)cc1. The van der Waals surface area contributed by atoms with Crippen LogP contribution in [0.5, 0.6) is 0 Å². The third-order valence-corrected chi connectivity index (χ3v) is 16.2. The van der Waals surface area contributed by atoms with Gasteiger partial charge >= 0.3 is 0 Å². The van der Waals surface area contributed by atoms with Gasteiger partial charge in [-0.2, -0.15) is 0 Å². The Balaban J connectivity index is 0.970. The summed E-state index contributed by atoms with van der Waals surface area (Å²) in [7, 11) is 0. The van der Waals surface area contributed by atoms with Crippen LogP contribution in [-0.2, 0) is 0 Å². The van der Waals surface area contributed by atoms with Crippen molar-refractivity contribution in [3.8, 4) is 5.82 Å². The number of thiophene rings is 1. The number of aromatic nitrogens is 3. The largest absolute Gasteiger partial charge is 0.310 e. The first-order valence-corrected chi connectivity index (χ1v) is 25.0. The van der Waals surface area contributed by atoms with Crippen LogP contribution in [0.2, 0.25) is 0 Å². The summed E-state index contributed by atoms with van der Waals surface area (Å²) in [6.07, 6.45) is 1.87. The molecule has 4 nitrogen and oxygen atoms in total. The highest BCUT2D eigenvalue weighted by molar-refractivity contribution is 7.26. The van der Waals surface area contributed by atoms with Crippen LogP contribution in [0.1, 0.15) is 0 Å². The zero-order chi connectivity index (χ0) is 46.3. The topological polar surface area (TPSA) is 34.0 Å². The molecule has 16 aromatic rings. The van der Waals surface area contributed by atoms with Gasteiger partial charge in [-0.3, -0.25) is 9.55 Å². The van der Waals surface area contributed by atoms with E-state index in [2.05, 4.69) is 228 Å². The van der Waals surface area contributed by atoms with E-state index in [9.17, 15) is 0 Å². The standard InChI is InChI=1S/C66H38N4S/c1-2-13-43(14-3-1)69(44-26-22-40-24-28-51-46-15-5-4-11-39(46)23-29-52(51)55(40)35-44)45-27-30-54-61(36-45)71-60-32-31-53-58-37-56-49-18-8-6-16-47(49)48-17-7-9-19-50(48)57(56)38-59(58)70(66(53)63(54)60)62-33-25-42-21-20-41-12-10-34-67-64(41)65(42)68-62/h1-38H. The molecule has 0 fully saturated rings. The molecule has 0 amide bonds. The van der Waals surface area contributed by atoms with Crippen molar-refractivity contribution < 1.29 is 0 Å². The van der Waals surface area contributed by atoms with Gasteiger partial charge in [0.25, 0.3) is 0 Å². The van der Waals surface area contributed by atoms with Crippen LogP contribution in [0.25, 0.3) is 134 Å². The van der Waals surface area contributed by atoms with Gasteiger partial charge in [0.1, 0.15) is 5.82 Å². The normalized spacial score (nSPS) is 12.2. The number of benzene rings is 12. The van der Waals surface area contributed by atoms with E-state index in [4.69, 9.17) is 9.97 Å². The lowest BCUT2D eigenvalue weighted by Gasteiger charge is -2.26.